The minimum absolute atomic E-state index is 0.277. The second-order valence-corrected chi connectivity index (χ2v) is 8.53. The lowest BCUT2D eigenvalue weighted by atomic mass is 10.0. The highest BCUT2D eigenvalue weighted by Crippen LogP contribution is 2.21. The van der Waals surface area contributed by atoms with Crippen LogP contribution in [0.25, 0.3) is 11.5 Å². The van der Waals surface area contributed by atoms with Gasteiger partial charge in [-0.2, -0.15) is 4.98 Å². The summed E-state index contributed by atoms with van der Waals surface area (Å²) in [7, 11) is 0. The average molecular weight is 412 g/mol. The van der Waals surface area contributed by atoms with Crippen LogP contribution in [0.5, 0.6) is 0 Å². The fraction of sp³-hybridized carbons (Fsp3) is 0.652. The van der Waals surface area contributed by atoms with Crippen molar-refractivity contribution in [3.05, 3.63) is 30.3 Å². The predicted molar refractivity (Wildman–Crippen MR) is 115 cm³/mol. The zero-order valence-electron chi connectivity index (χ0n) is 17.8. The van der Waals surface area contributed by atoms with Crippen molar-refractivity contribution >= 4 is 5.91 Å². The molecule has 2 aliphatic heterocycles. The number of aryl methyl sites for hydroxylation is 1. The summed E-state index contributed by atoms with van der Waals surface area (Å²) in [5.41, 5.74) is 0.702. The molecule has 0 unspecified atom stereocenters. The van der Waals surface area contributed by atoms with Gasteiger partial charge < -0.3 is 14.3 Å². The van der Waals surface area contributed by atoms with Crippen LogP contribution in [-0.2, 0) is 11.2 Å². The summed E-state index contributed by atoms with van der Waals surface area (Å²) in [5, 5.41) is 4.01. The standard InChI is InChI=1S/C23H33N5O2/c29-22(13-9-12-21-25-23(26-30-21)20-11-3-5-14-24-20)28-17-8-4-10-19(28)18-27-15-6-1-2-7-16-27/h3,5,11,14,19H,1-2,4,6-10,12-13,15-18H2/t19-/m1/s1. The molecule has 162 valence electrons. The van der Waals surface area contributed by atoms with E-state index in [0.717, 1.165) is 32.4 Å². The van der Waals surface area contributed by atoms with E-state index in [1.807, 2.05) is 18.2 Å². The molecule has 4 heterocycles. The fourth-order valence-electron chi connectivity index (χ4n) is 4.63. The highest BCUT2D eigenvalue weighted by atomic mass is 16.5. The van der Waals surface area contributed by atoms with Crippen LogP contribution in [0.15, 0.2) is 28.9 Å². The Bertz CT molecular complexity index is 786. The van der Waals surface area contributed by atoms with Gasteiger partial charge in [0, 0.05) is 38.2 Å². The Kier molecular flexibility index (Phi) is 7.45. The molecule has 0 aliphatic carbocycles. The highest BCUT2D eigenvalue weighted by molar-refractivity contribution is 5.76. The highest BCUT2D eigenvalue weighted by Gasteiger charge is 2.28. The summed E-state index contributed by atoms with van der Waals surface area (Å²) in [4.78, 5) is 26.4. The van der Waals surface area contributed by atoms with E-state index in [2.05, 4.69) is 24.9 Å². The van der Waals surface area contributed by atoms with Gasteiger partial charge in [0.1, 0.15) is 5.69 Å². The van der Waals surface area contributed by atoms with Crippen molar-refractivity contribution in [1.82, 2.24) is 24.9 Å². The predicted octanol–water partition coefficient (Wildman–Crippen LogP) is 3.71. The minimum atomic E-state index is 0.277. The molecule has 0 N–H and O–H groups in total. The Hall–Kier alpha value is -2.28. The van der Waals surface area contributed by atoms with Gasteiger partial charge in [-0.3, -0.25) is 9.78 Å². The smallest absolute Gasteiger partial charge is 0.227 e. The lowest BCUT2D eigenvalue weighted by Gasteiger charge is -2.38. The van der Waals surface area contributed by atoms with Gasteiger partial charge in [0.25, 0.3) is 0 Å². The van der Waals surface area contributed by atoms with Gasteiger partial charge in [0.2, 0.25) is 17.6 Å². The number of rotatable bonds is 7. The molecule has 2 aromatic heterocycles. The van der Waals surface area contributed by atoms with Gasteiger partial charge in [-0.1, -0.05) is 24.1 Å². The van der Waals surface area contributed by atoms with Crippen molar-refractivity contribution in [2.24, 2.45) is 0 Å². The van der Waals surface area contributed by atoms with Gasteiger partial charge in [-0.15, -0.1) is 0 Å². The largest absolute Gasteiger partial charge is 0.339 e. The van der Waals surface area contributed by atoms with E-state index < -0.39 is 0 Å². The van der Waals surface area contributed by atoms with E-state index in [9.17, 15) is 4.79 Å². The Labute approximate surface area is 178 Å². The van der Waals surface area contributed by atoms with Gasteiger partial charge in [0.05, 0.1) is 0 Å². The molecule has 2 fully saturated rings. The van der Waals surface area contributed by atoms with E-state index >= 15 is 0 Å². The maximum Gasteiger partial charge on any atom is 0.227 e. The molecule has 2 aliphatic rings. The van der Waals surface area contributed by atoms with Crippen LogP contribution in [-0.4, -0.2) is 63.1 Å². The third-order valence-electron chi connectivity index (χ3n) is 6.26. The molecule has 0 radical (unpaired) electrons. The van der Waals surface area contributed by atoms with E-state index in [1.54, 1.807) is 6.20 Å². The third kappa shape index (κ3) is 5.65. The first-order chi connectivity index (χ1) is 14.8. The first-order valence-electron chi connectivity index (χ1n) is 11.6. The lowest BCUT2D eigenvalue weighted by Crippen LogP contribution is -2.49. The molecule has 7 heteroatoms. The molecule has 0 aromatic carbocycles. The number of hydrogen-bond acceptors (Lipinski definition) is 6. The molecule has 0 bridgehead atoms. The molecular formula is C23H33N5O2. The fourth-order valence-corrected chi connectivity index (χ4v) is 4.63. The Morgan fingerprint density at radius 1 is 1.07 bits per heavy atom. The number of nitrogens with zero attached hydrogens (tertiary/aromatic N) is 5. The quantitative estimate of drug-likeness (QED) is 0.691. The summed E-state index contributed by atoms with van der Waals surface area (Å²) >= 11 is 0. The van der Waals surface area contributed by atoms with E-state index in [0.29, 0.717) is 36.3 Å². The van der Waals surface area contributed by atoms with Crippen molar-refractivity contribution in [3.8, 4) is 11.5 Å². The Morgan fingerprint density at radius 3 is 2.70 bits per heavy atom. The summed E-state index contributed by atoms with van der Waals surface area (Å²) in [6, 6.07) is 6.00. The zero-order valence-corrected chi connectivity index (χ0v) is 17.8. The van der Waals surface area contributed by atoms with Crippen LogP contribution < -0.4 is 0 Å². The number of carbonyl (C=O) groups is 1. The average Bonchev–Trinajstić information content (AvgIpc) is 3.11. The number of pyridine rings is 1. The topological polar surface area (TPSA) is 75.4 Å². The summed E-state index contributed by atoms with van der Waals surface area (Å²) in [5.74, 6) is 1.35. The minimum Gasteiger partial charge on any atom is -0.339 e. The molecule has 2 saturated heterocycles. The first-order valence-corrected chi connectivity index (χ1v) is 11.6. The zero-order chi connectivity index (χ0) is 20.6. The number of piperidine rings is 1. The van der Waals surface area contributed by atoms with Crippen LogP contribution in [0.2, 0.25) is 0 Å². The monoisotopic (exact) mass is 411 g/mol. The van der Waals surface area contributed by atoms with Crippen molar-refractivity contribution in [2.45, 2.75) is 70.3 Å². The molecule has 0 saturated carbocycles. The van der Waals surface area contributed by atoms with E-state index in [4.69, 9.17) is 4.52 Å². The number of hydrogen-bond donors (Lipinski definition) is 0. The van der Waals surface area contributed by atoms with Gasteiger partial charge in [0.15, 0.2) is 0 Å². The number of carbonyl (C=O) groups excluding carboxylic acids is 1. The lowest BCUT2D eigenvalue weighted by molar-refractivity contribution is -0.135. The molecule has 2 aromatic rings. The first kappa shape index (κ1) is 21.0. The summed E-state index contributed by atoms with van der Waals surface area (Å²) in [6.07, 6.45) is 12.4. The van der Waals surface area contributed by atoms with E-state index in [1.165, 1.54) is 45.2 Å². The Balaban J connectivity index is 1.26. The third-order valence-corrected chi connectivity index (χ3v) is 6.26. The number of amides is 1. The second kappa shape index (κ2) is 10.7. The van der Waals surface area contributed by atoms with Gasteiger partial charge in [-0.25, -0.2) is 0 Å². The molecule has 7 nitrogen and oxygen atoms in total. The van der Waals surface area contributed by atoms with Crippen molar-refractivity contribution in [3.63, 3.8) is 0 Å². The van der Waals surface area contributed by atoms with Crippen LogP contribution in [0.4, 0.5) is 0 Å². The van der Waals surface area contributed by atoms with Gasteiger partial charge in [-0.05, 0) is 63.7 Å². The summed E-state index contributed by atoms with van der Waals surface area (Å²) < 4.78 is 5.35. The number of likely N-dealkylation sites (tertiary alicyclic amines) is 2. The van der Waals surface area contributed by atoms with Crippen LogP contribution in [0, 0.1) is 0 Å². The maximum atomic E-state index is 13.0. The van der Waals surface area contributed by atoms with Crippen molar-refractivity contribution in [1.29, 1.82) is 0 Å². The summed E-state index contributed by atoms with van der Waals surface area (Å²) in [6.45, 7) is 4.33. The molecule has 1 atom stereocenters. The van der Waals surface area contributed by atoms with Crippen LogP contribution in [0.1, 0.15) is 63.7 Å². The van der Waals surface area contributed by atoms with Crippen LogP contribution in [0.3, 0.4) is 0 Å². The number of aromatic nitrogens is 3. The molecule has 30 heavy (non-hydrogen) atoms. The maximum absolute atomic E-state index is 13.0. The van der Waals surface area contributed by atoms with Crippen molar-refractivity contribution < 1.29 is 9.32 Å². The second-order valence-electron chi connectivity index (χ2n) is 8.53. The molecular weight excluding hydrogens is 378 g/mol. The van der Waals surface area contributed by atoms with Crippen LogP contribution >= 0.6 is 0 Å². The SMILES string of the molecule is O=C(CCCc1nc(-c2ccccn2)no1)N1CCCC[C@@H]1CN1CCCCCC1. The molecule has 4 rings (SSSR count). The van der Waals surface area contributed by atoms with Gasteiger partial charge >= 0.3 is 0 Å². The normalized spacial score (nSPS) is 20.8. The molecule has 0 spiro atoms. The van der Waals surface area contributed by atoms with E-state index in [-0.39, 0.29) is 5.91 Å². The Morgan fingerprint density at radius 2 is 1.90 bits per heavy atom. The molecule has 1 amide bonds. The van der Waals surface area contributed by atoms with Crippen molar-refractivity contribution in [2.75, 3.05) is 26.2 Å².